The molecule has 0 amide bonds. The molecule has 2 aromatic carbocycles. The lowest BCUT2D eigenvalue weighted by Gasteiger charge is -2.12. The molecule has 7 heteroatoms. The zero-order valence-corrected chi connectivity index (χ0v) is 15.7. The number of aryl methyl sites for hydroxylation is 1. The maximum Gasteiger partial charge on any atom is 0.335 e. The van der Waals surface area contributed by atoms with Gasteiger partial charge in [0.15, 0.2) is 0 Å². The normalized spacial score (nSPS) is 10.3. The summed E-state index contributed by atoms with van der Waals surface area (Å²) in [5, 5.41) is 9.18. The average Bonchev–Trinajstić information content (AvgIpc) is 2.64. The van der Waals surface area contributed by atoms with Gasteiger partial charge in [0.25, 0.3) is 0 Å². The number of nitrogens with zero attached hydrogens (tertiary/aromatic N) is 2. The summed E-state index contributed by atoms with van der Waals surface area (Å²) in [6, 6.07) is 14.8. The van der Waals surface area contributed by atoms with Crippen molar-refractivity contribution in [2.45, 2.75) is 19.8 Å². The second-order valence-electron chi connectivity index (χ2n) is 6.01. The number of anilines is 2. The fourth-order valence-electron chi connectivity index (χ4n) is 2.95. The number of hydrogen-bond acceptors (Lipinski definition) is 5. The highest BCUT2D eigenvalue weighted by molar-refractivity contribution is 5.89. The van der Waals surface area contributed by atoms with E-state index >= 15 is 0 Å². The van der Waals surface area contributed by atoms with Crippen LogP contribution in [0.5, 0.6) is 0 Å². The number of aromatic nitrogens is 2. The highest BCUT2D eigenvalue weighted by Gasteiger charge is 2.12. The monoisotopic (exact) mass is 384 g/mol. The molecule has 1 aromatic heterocycles. The fraction of sp³-hybridized carbons (Fsp3) is 0.150. The summed E-state index contributed by atoms with van der Waals surface area (Å²) in [5.41, 5.74) is 16.5. The Balaban J connectivity index is 0.00000261. The van der Waals surface area contributed by atoms with Gasteiger partial charge in [-0.3, -0.25) is 0 Å². The third-order valence-electron chi connectivity index (χ3n) is 4.23. The molecule has 0 aliphatic carbocycles. The average molecular weight is 385 g/mol. The van der Waals surface area contributed by atoms with Crippen LogP contribution in [0.25, 0.3) is 11.1 Å². The van der Waals surface area contributed by atoms with Crippen LogP contribution in [0.4, 0.5) is 11.8 Å². The van der Waals surface area contributed by atoms with Crippen LogP contribution in [0.2, 0.25) is 0 Å². The number of nitrogen functional groups attached to an aromatic ring is 2. The molecule has 5 N–H and O–H groups in total. The van der Waals surface area contributed by atoms with Gasteiger partial charge < -0.3 is 16.6 Å². The Bertz CT molecular complexity index is 976. The van der Waals surface area contributed by atoms with Gasteiger partial charge in [0.05, 0.1) is 11.3 Å². The van der Waals surface area contributed by atoms with E-state index in [-0.39, 0.29) is 23.9 Å². The SMILES string of the molecule is CCc1nc(N)nc(N)c1Cc1cccc(-c2cccc(C(=O)O)c2)c1.Cl. The highest BCUT2D eigenvalue weighted by atomic mass is 35.5. The molecule has 6 nitrogen and oxygen atoms in total. The van der Waals surface area contributed by atoms with Crippen LogP contribution in [0, 0.1) is 0 Å². The van der Waals surface area contributed by atoms with Gasteiger partial charge >= 0.3 is 5.97 Å². The molecule has 0 radical (unpaired) electrons. The van der Waals surface area contributed by atoms with E-state index in [1.807, 2.05) is 37.3 Å². The van der Waals surface area contributed by atoms with Crippen molar-refractivity contribution in [3.8, 4) is 11.1 Å². The van der Waals surface area contributed by atoms with Crippen molar-refractivity contribution in [2.75, 3.05) is 11.5 Å². The molecule has 27 heavy (non-hydrogen) atoms. The van der Waals surface area contributed by atoms with E-state index in [0.29, 0.717) is 18.7 Å². The minimum atomic E-state index is -0.942. The number of aromatic carboxylic acids is 1. The third kappa shape index (κ3) is 4.54. The predicted molar refractivity (Wildman–Crippen MR) is 109 cm³/mol. The predicted octanol–water partition coefficient (Wildman–Crippen LogP) is 3.58. The first-order chi connectivity index (χ1) is 12.5. The van der Waals surface area contributed by atoms with Crippen LogP contribution in [-0.2, 0) is 12.8 Å². The molecule has 0 saturated heterocycles. The van der Waals surface area contributed by atoms with E-state index in [1.165, 1.54) is 0 Å². The summed E-state index contributed by atoms with van der Waals surface area (Å²) in [6.45, 7) is 2.00. The first-order valence-corrected chi connectivity index (χ1v) is 8.31. The molecule has 0 aliphatic rings. The Morgan fingerprint density at radius 3 is 2.37 bits per heavy atom. The molecular formula is C20H21ClN4O2. The van der Waals surface area contributed by atoms with Crippen LogP contribution < -0.4 is 11.5 Å². The quantitative estimate of drug-likeness (QED) is 0.619. The Morgan fingerprint density at radius 1 is 1.04 bits per heavy atom. The van der Waals surface area contributed by atoms with E-state index in [1.54, 1.807) is 18.2 Å². The number of benzene rings is 2. The second kappa shape index (κ2) is 8.51. The minimum absolute atomic E-state index is 0. The summed E-state index contributed by atoms with van der Waals surface area (Å²) in [5.74, 6) is -0.364. The highest BCUT2D eigenvalue weighted by Crippen LogP contribution is 2.25. The number of carbonyl (C=O) groups is 1. The van der Waals surface area contributed by atoms with Gasteiger partial charge in [0.1, 0.15) is 5.82 Å². The fourth-order valence-corrected chi connectivity index (χ4v) is 2.95. The summed E-state index contributed by atoms with van der Waals surface area (Å²) in [4.78, 5) is 19.5. The maximum absolute atomic E-state index is 11.2. The van der Waals surface area contributed by atoms with Gasteiger partial charge in [-0.25, -0.2) is 9.78 Å². The zero-order chi connectivity index (χ0) is 18.7. The van der Waals surface area contributed by atoms with Crippen LogP contribution in [0.3, 0.4) is 0 Å². The van der Waals surface area contributed by atoms with Crippen molar-refractivity contribution < 1.29 is 9.90 Å². The van der Waals surface area contributed by atoms with Gasteiger partial charge in [-0.2, -0.15) is 4.98 Å². The topological polar surface area (TPSA) is 115 Å². The number of carboxylic acids is 1. The lowest BCUT2D eigenvalue weighted by atomic mass is 9.97. The van der Waals surface area contributed by atoms with Crippen molar-refractivity contribution in [2.24, 2.45) is 0 Å². The lowest BCUT2D eigenvalue weighted by Crippen LogP contribution is -2.09. The van der Waals surface area contributed by atoms with E-state index in [0.717, 1.165) is 27.9 Å². The first-order valence-electron chi connectivity index (χ1n) is 8.31. The van der Waals surface area contributed by atoms with Crippen LogP contribution in [0.15, 0.2) is 48.5 Å². The molecule has 0 spiro atoms. The minimum Gasteiger partial charge on any atom is -0.478 e. The van der Waals surface area contributed by atoms with Crippen molar-refractivity contribution >= 4 is 30.1 Å². The summed E-state index contributed by atoms with van der Waals surface area (Å²) in [7, 11) is 0. The van der Waals surface area contributed by atoms with Crippen molar-refractivity contribution in [3.05, 3.63) is 70.9 Å². The molecule has 0 unspecified atom stereocenters. The van der Waals surface area contributed by atoms with Crippen molar-refractivity contribution in [1.29, 1.82) is 0 Å². The molecule has 0 fully saturated rings. The van der Waals surface area contributed by atoms with E-state index < -0.39 is 5.97 Å². The number of rotatable bonds is 5. The third-order valence-corrected chi connectivity index (χ3v) is 4.23. The van der Waals surface area contributed by atoms with Crippen LogP contribution >= 0.6 is 12.4 Å². The van der Waals surface area contributed by atoms with Gasteiger partial charge in [-0.15, -0.1) is 12.4 Å². The van der Waals surface area contributed by atoms with Gasteiger partial charge in [-0.05, 0) is 35.2 Å². The largest absolute Gasteiger partial charge is 0.478 e. The van der Waals surface area contributed by atoms with Crippen LogP contribution in [0.1, 0.15) is 34.1 Å². The molecule has 1 heterocycles. The number of nitrogens with two attached hydrogens (primary N) is 2. The molecule has 3 rings (SSSR count). The molecule has 0 bridgehead atoms. The Labute approximate surface area is 163 Å². The van der Waals surface area contributed by atoms with Crippen molar-refractivity contribution in [3.63, 3.8) is 0 Å². The Kier molecular flexibility index (Phi) is 6.36. The Hall–Kier alpha value is -3.12. The van der Waals surface area contributed by atoms with E-state index in [9.17, 15) is 9.90 Å². The molecule has 0 saturated carbocycles. The number of hydrogen-bond donors (Lipinski definition) is 3. The standard InChI is InChI=1S/C20H20N4O2.ClH/c1-2-17-16(18(21)24-20(22)23-17)10-12-5-3-6-13(9-12)14-7-4-8-15(11-14)19(25)26;/h3-9,11H,2,10H2,1H3,(H,25,26)(H4,21,22,23,24);1H. The summed E-state index contributed by atoms with van der Waals surface area (Å²) >= 11 is 0. The van der Waals surface area contributed by atoms with Gasteiger partial charge in [0.2, 0.25) is 5.95 Å². The zero-order valence-electron chi connectivity index (χ0n) is 14.8. The van der Waals surface area contributed by atoms with Gasteiger partial charge in [0, 0.05) is 12.0 Å². The van der Waals surface area contributed by atoms with Gasteiger partial charge in [-0.1, -0.05) is 43.3 Å². The summed E-state index contributed by atoms with van der Waals surface area (Å²) in [6.07, 6.45) is 1.30. The number of carboxylic acid groups (broad SMARTS) is 1. The number of halogens is 1. The second-order valence-corrected chi connectivity index (χ2v) is 6.01. The lowest BCUT2D eigenvalue weighted by molar-refractivity contribution is 0.0697. The maximum atomic E-state index is 11.2. The smallest absolute Gasteiger partial charge is 0.335 e. The summed E-state index contributed by atoms with van der Waals surface area (Å²) < 4.78 is 0. The van der Waals surface area contributed by atoms with Crippen molar-refractivity contribution in [1.82, 2.24) is 9.97 Å². The first kappa shape index (κ1) is 20.2. The molecular weight excluding hydrogens is 364 g/mol. The molecule has 140 valence electrons. The van der Waals surface area contributed by atoms with E-state index in [2.05, 4.69) is 9.97 Å². The molecule has 0 atom stereocenters. The molecule has 0 aliphatic heterocycles. The van der Waals surface area contributed by atoms with E-state index in [4.69, 9.17) is 11.5 Å². The molecule has 3 aromatic rings. The Morgan fingerprint density at radius 2 is 1.70 bits per heavy atom. The van der Waals surface area contributed by atoms with Crippen LogP contribution in [-0.4, -0.2) is 21.0 Å².